The second-order valence-electron chi connectivity index (χ2n) is 4.42. The topological polar surface area (TPSA) is 50.7 Å². The molecule has 2 N–H and O–H groups in total. The third kappa shape index (κ3) is 4.08. The highest BCUT2D eigenvalue weighted by atomic mass is 19.1. The molecular weight excluding hydrogens is 249 g/mol. The molecule has 0 fully saturated rings. The maximum Gasteiger partial charge on any atom is 0.163 e. The minimum Gasteiger partial charge on any atom is -0.493 e. The van der Waals surface area contributed by atoms with Gasteiger partial charge in [0.05, 0.1) is 20.3 Å². The summed E-state index contributed by atoms with van der Waals surface area (Å²) in [6, 6.07) is 2.70. The molecule has 1 unspecified atom stereocenters. The van der Waals surface area contributed by atoms with Gasteiger partial charge < -0.3 is 19.9 Å². The molecule has 0 saturated carbocycles. The van der Waals surface area contributed by atoms with Crippen molar-refractivity contribution in [2.75, 3.05) is 20.8 Å². The van der Waals surface area contributed by atoms with E-state index in [2.05, 4.69) is 5.32 Å². The minimum atomic E-state index is -0.425. The summed E-state index contributed by atoms with van der Waals surface area (Å²) < 4.78 is 24.2. The first-order valence-electron chi connectivity index (χ1n) is 6.36. The van der Waals surface area contributed by atoms with Gasteiger partial charge in [-0.3, -0.25) is 0 Å². The fraction of sp³-hybridized carbons (Fsp3) is 0.571. The summed E-state index contributed by atoms with van der Waals surface area (Å²) >= 11 is 0. The molecule has 0 heterocycles. The molecule has 5 heteroatoms. The average Bonchev–Trinajstić information content (AvgIpc) is 2.43. The SMILES string of the molecule is CC[C@@H](O)CNC(C)c1cc(OC)c(OC)cc1F. The van der Waals surface area contributed by atoms with Crippen molar-refractivity contribution in [3.05, 3.63) is 23.5 Å². The van der Waals surface area contributed by atoms with E-state index in [1.807, 2.05) is 13.8 Å². The number of hydrogen-bond donors (Lipinski definition) is 2. The monoisotopic (exact) mass is 271 g/mol. The predicted molar refractivity (Wildman–Crippen MR) is 72.2 cm³/mol. The second kappa shape index (κ2) is 7.31. The number of hydrogen-bond acceptors (Lipinski definition) is 4. The highest BCUT2D eigenvalue weighted by Crippen LogP contribution is 2.32. The molecule has 0 bridgehead atoms. The predicted octanol–water partition coefficient (Wildman–Crippen LogP) is 2.26. The number of benzene rings is 1. The lowest BCUT2D eigenvalue weighted by atomic mass is 10.1. The van der Waals surface area contributed by atoms with Gasteiger partial charge in [-0.15, -0.1) is 0 Å². The Balaban J connectivity index is 2.87. The van der Waals surface area contributed by atoms with Crippen LogP contribution in [0.15, 0.2) is 12.1 Å². The van der Waals surface area contributed by atoms with E-state index in [9.17, 15) is 9.50 Å². The van der Waals surface area contributed by atoms with E-state index < -0.39 is 6.10 Å². The first-order chi connectivity index (χ1) is 9.03. The van der Waals surface area contributed by atoms with Crippen molar-refractivity contribution < 1.29 is 19.0 Å². The van der Waals surface area contributed by atoms with Gasteiger partial charge in [-0.25, -0.2) is 4.39 Å². The molecule has 0 radical (unpaired) electrons. The average molecular weight is 271 g/mol. The number of aliphatic hydroxyl groups is 1. The van der Waals surface area contributed by atoms with E-state index in [1.54, 1.807) is 6.07 Å². The zero-order valence-electron chi connectivity index (χ0n) is 11.9. The first-order valence-corrected chi connectivity index (χ1v) is 6.36. The smallest absolute Gasteiger partial charge is 0.163 e. The highest BCUT2D eigenvalue weighted by molar-refractivity contribution is 5.44. The van der Waals surface area contributed by atoms with E-state index in [1.165, 1.54) is 20.3 Å². The van der Waals surface area contributed by atoms with Crippen LogP contribution >= 0.6 is 0 Å². The van der Waals surface area contributed by atoms with Crippen molar-refractivity contribution in [2.24, 2.45) is 0 Å². The summed E-state index contributed by atoms with van der Waals surface area (Å²) in [6.45, 7) is 4.16. The maximum atomic E-state index is 14.0. The van der Waals surface area contributed by atoms with Gasteiger partial charge in [-0.05, 0) is 19.4 Å². The molecule has 1 aromatic rings. The lowest BCUT2D eigenvalue weighted by Gasteiger charge is -2.19. The third-order valence-electron chi connectivity index (χ3n) is 3.10. The van der Waals surface area contributed by atoms with Gasteiger partial charge in [0.1, 0.15) is 5.82 Å². The van der Waals surface area contributed by atoms with Crippen LogP contribution < -0.4 is 14.8 Å². The summed E-state index contributed by atoms with van der Waals surface area (Å²) in [4.78, 5) is 0. The molecule has 0 aromatic heterocycles. The van der Waals surface area contributed by atoms with Crippen LogP contribution in [0.25, 0.3) is 0 Å². The van der Waals surface area contributed by atoms with E-state index in [4.69, 9.17) is 9.47 Å². The summed E-state index contributed by atoms with van der Waals surface area (Å²) in [7, 11) is 2.98. The molecular formula is C14H22FNO3. The van der Waals surface area contributed by atoms with E-state index in [0.29, 0.717) is 30.0 Å². The summed E-state index contributed by atoms with van der Waals surface area (Å²) in [6.07, 6.45) is 0.236. The lowest BCUT2D eigenvalue weighted by Crippen LogP contribution is -2.29. The van der Waals surface area contributed by atoms with Gasteiger partial charge in [0.2, 0.25) is 0 Å². The van der Waals surface area contributed by atoms with Gasteiger partial charge in [-0.1, -0.05) is 6.92 Å². The molecule has 0 spiro atoms. The zero-order chi connectivity index (χ0) is 14.4. The van der Waals surface area contributed by atoms with Crippen molar-refractivity contribution in [3.8, 4) is 11.5 Å². The largest absolute Gasteiger partial charge is 0.493 e. The maximum absolute atomic E-state index is 14.0. The molecule has 2 atom stereocenters. The standard InChI is InChI=1S/C14H22FNO3/c1-5-10(17)8-16-9(2)11-6-13(18-3)14(19-4)7-12(11)15/h6-7,9-10,16-17H,5,8H2,1-4H3/t9?,10-/m1/s1. The van der Waals surface area contributed by atoms with Crippen molar-refractivity contribution >= 4 is 0 Å². The number of halogens is 1. The number of methoxy groups -OCH3 is 2. The van der Waals surface area contributed by atoms with Gasteiger partial charge in [0, 0.05) is 24.2 Å². The fourth-order valence-corrected chi connectivity index (χ4v) is 1.77. The molecule has 4 nitrogen and oxygen atoms in total. The van der Waals surface area contributed by atoms with Crippen LogP contribution in [0.4, 0.5) is 4.39 Å². The van der Waals surface area contributed by atoms with E-state index in [-0.39, 0.29) is 11.9 Å². The van der Waals surface area contributed by atoms with Crippen LogP contribution in [0.2, 0.25) is 0 Å². The minimum absolute atomic E-state index is 0.221. The van der Waals surface area contributed by atoms with Crippen LogP contribution in [-0.2, 0) is 0 Å². The highest BCUT2D eigenvalue weighted by Gasteiger charge is 2.16. The quantitative estimate of drug-likeness (QED) is 0.798. The normalized spacial score (nSPS) is 14.0. The molecule has 1 rings (SSSR count). The van der Waals surface area contributed by atoms with Crippen LogP contribution in [-0.4, -0.2) is 32.0 Å². The Hall–Kier alpha value is -1.33. The Kier molecular flexibility index (Phi) is 6.05. The van der Waals surface area contributed by atoms with E-state index >= 15 is 0 Å². The Labute approximate surface area is 113 Å². The van der Waals surface area contributed by atoms with Gasteiger partial charge in [-0.2, -0.15) is 0 Å². The van der Waals surface area contributed by atoms with Crippen LogP contribution in [0.5, 0.6) is 11.5 Å². The fourth-order valence-electron chi connectivity index (χ4n) is 1.77. The van der Waals surface area contributed by atoms with Crippen molar-refractivity contribution in [1.29, 1.82) is 0 Å². The first kappa shape index (κ1) is 15.7. The summed E-state index contributed by atoms with van der Waals surface area (Å²) in [5, 5.41) is 12.6. The Morgan fingerprint density at radius 1 is 1.26 bits per heavy atom. The molecule has 108 valence electrons. The van der Waals surface area contributed by atoms with Crippen LogP contribution in [0.3, 0.4) is 0 Å². The number of rotatable bonds is 7. The molecule has 0 aliphatic carbocycles. The Morgan fingerprint density at radius 2 is 1.84 bits per heavy atom. The van der Waals surface area contributed by atoms with Gasteiger partial charge in [0.25, 0.3) is 0 Å². The van der Waals surface area contributed by atoms with Crippen LogP contribution in [0.1, 0.15) is 31.9 Å². The number of nitrogens with one attached hydrogen (secondary N) is 1. The Bertz CT molecular complexity index is 412. The van der Waals surface area contributed by atoms with Crippen molar-refractivity contribution in [2.45, 2.75) is 32.4 Å². The van der Waals surface area contributed by atoms with E-state index in [0.717, 1.165) is 0 Å². The molecule has 19 heavy (non-hydrogen) atoms. The Morgan fingerprint density at radius 3 is 2.37 bits per heavy atom. The lowest BCUT2D eigenvalue weighted by molar-refractivity contribution is 0.163. The van der Waals surface area contributed by atoms with Crippen LogP contribution in [0, 0.1) is 5.82 Å². The van der Waals surface area contributed by atoms with Gasteiger partial charge >= 0.3 is 0 Å². The van der Waals surface area contributed by atoms with Crippen molar-refractivity contribution in [3.63, 3.8) is 0 Å². The van der Waals surface area contributed by atoms with Gasteiger partial charge in [0.15, 0.2) is 11.5 Å². The molecule has 0 amide bonds. The summed E-state index contributed by atoms with van der Waals surface area (Å²) in [5.41, 5.74) is 0.487. The summed E-state index contributed by atoms with van der Waals surface area (Å²) in [5.74, 6) is 0.497. The molecule has 0 aliphatic heterocycles. The zero-order valence-corrected chi connectivity index (χ0v) is 11.9. The third-order valence-corrected chi connectivity index (χ3v) is 3.10. The molecule has 1 aromatic carbocycles. The molecule has 0 saturated heterocycles. The second-order valence-corrected chi connectivity index (χ2v) is 4.42. The molecule has 0 aliphatic rings. The number of aliphatic hydroxyl groups excluding tert-OH is 1. The number of ether oxygens (including phenoxy) is 2. The van der Waals surface area contributed by atoms with Crippen molar-refractivity contribution in [1.82, 2.24) is 5.32 Å².